The summed E-state index contributed by atoms with van der Waals surface area (Å²) in [7, 11) is 0. The van der Waals surface area contributed by atoms with Crippen LogP contribution in [0.4, 0.5) is 0 Å². The first-order valence-corrected chi connectivity index (χ1v) is 8.52. The van der Waals surface area contributed by atoms with E-state index < -0.39 is 0 Å². The minimum atomic E-state index is -0.0961. The highest BCUT2D eigenvalue weighted by Crippen LogP contribution is 2.23. The molecule has 0 fully saturated rings. The van der Waals surface area contributed by atoms with E-state index in [9.17, 15) is 9.90 Å². The highest BCUT2D eigenvalue weighted by atomic mass is 35.5. The third-order valence-electron chi connectivity index (χ3n) is 3.24. The number of nitrogens with zero attached hydrogens (tertiary/aromatic N) is 3. The fourth-order valence-electron chi connectivity index (χ4n) is 2.08. The fraction of sp³-hybridized carbons (Fsp3) is 0.200. The summed E-state index contributed by atoms with van der Waals surface area (Å²) in [6.07, 6.45) is 2.21. The van der Waals surface area contributed by atoms with Gasteiger partial charge in [-0.1, -0.05) is 23.9 Å². The van der Waals surface area contributed by atoms with Crippen LogP contribution in [0.15, 0.2) is 35.6 Å². The predicted molar refractivity (Wildman–Crippen MR) is 92.2 cm³/mol. The predicted octanol–water partition coefficient (Wildman–Crippen LogP) is 2.16. The normalized spacial score (nSPS) is 10.9. The molecule has 24 heavy (non-hydrogen) atoms. The van der Waals surface area contributed by atoms with Gasteiger partial charge in [-0.2, -0.15) is 4.98 Å². The number of imidazole rings is 1. The van der Waals surface area contributed by atoms with Crippen LogP contribution in [0.1, 0.15) is 5.56 Å². The Morgan fingerprint density at radius 1 is 1.29 bits per heavy atom. The Bertz CT molecular complexity index is 853. The SMILES string of the molecule is O=C(CSc1nc(Cl)nc2nc[nH]c12)NCCc1ccc(O)cc1. The lowest BCUT2D eigenvalue weighted by atomic mass is 10.1. The number of fused-ring (bicyclic) bond motifs is 1. The van der Waals surface area contributed by atoms with E-state index in [2.05, 4.69) is 25.3 Å². The molecule has 2 aromatic heterocycles. The second-order valence-electron chi connectivity index (χ2n) is 4.95. The van der Waals surface area contributed by atoms with Gasteiger partial charge in [0.15, 0.2) is 5.65 Å². The molecule has 0 radical (unpaired) electrons. The van der Waals surface area contributed by atoms with E-state index >= 15 is 0 Å². The number of aromatic nitrogens is 4. The van der Waals surface area contributed by atoms with Crippen molar-refractivity contribution in [3.05, 3.63) is 41.4 Å². The molecule has 0 unspecified atom stereocenters. The molecule has 3 aromatic rings. The molecule has 3 N–H and O–H groups in total. The lowest BCUT2D eigenvalue weighted by Crippen LogP contribution is -2.27. The van der Waals surface area contributed by atoms with Crippen molar-refractivity contribution in [1.29, 1.82) is 0 Å². The smallest absolute Gasteiger partial charge is 0.230 e. The number of phenols is 1. The van der Waals surface area contributed by atoms with Crippen molar-refractivity contribution in [2.24, 2.45) is 0 Å². The summed E-state index contributed by atoms with van der Waals surface area (Å²) in [6, 6.07) is 6.91. The molecule has 0 saturated carbocycles. The molecule has 3 rings (SSSR count). The number of hydrogen-bond donors (Lipinski definition) is 3. The first-order valence-electron chi connectivity index (χ1n) is 7.16. The molecule has 1 amide bonds. The number of aromatic amines is 1. The van der Waals surface area contributed by atoms with Crippen molar-refractivity contribution >= 4 is 40.4 Å². The zero-order valence-corrected chi connectivity index (χ0v) is 14.1. The number of rotatable bonds is 6. The Labute approximate surface area is 146 Å². The molecule has 124 valence electrons. The maximum Gasteiger partial charge on any atom is 0.230 e. The number of carbonyl (C=O) groups is 1. The van der Waals surface area contributed by atoms with Crippen molar-refractivity contribution < 1.29 is 9.90 Å². The van der Waals surface area contributed by atoms with E-state index in [1.165, 1.54) is 18.1 Å². The molecule has 0 aliphatic heterocycles. The summed E-state index contributed by atoms with van der Waals surface area (Å²) >= 11 is 7.12. The average Bonchev–Trinajstić information content (AvgIpc) is 3.02. The summed E-state index contributed by atoms with van der Waals surface area (Å²) in [5, 5.41) is 12.8. The van der Waals surface area contributed by atoms with Gasteiger partial charge in [-0.15, -0.1) is 0 Å². The number of carbonyl (C=O) groups excluding carboxylic acids is 1. The number of benzene rings is 1. The summed E-state index contributed by atoms with van der Waals surface area (Å²) in [5.74, 6) is 0.353. The molecule has 0 spiro atoms. The third kappa shape index (κ3) is 4.15. The van der Waals surface area contributed by atoms with E-state index in [0.717, 1.165) is 5.56 Å². The zero-order chi connectivity index (χ0) is 16.9. The third-order valence-corrected chi connectivity index (χ3v) is 4.38. The van der Waals surface area contributed by atoms with Crippen LogP contribution in [-0.4, -0.2) is 43.2 Å². The molecule has 0 atom stereocenters. The van der Waals surface area contributed by atoms with Gasteiger partial charge >= 0.3 is 0 Å². The lowest BCUT2D eigenvalue weighted by molar-refractivity contribution is -0.118. The molecule has 2 heterocycles. The average molecular weight is 364 g/mol. The van der Waals surface area contributed by atoms with Crippen LogP contribution in [0.3, 0.4) is 0 Å². The number of nitrogens with one attached hydrogen (secondary N) is 2. The minimum Gasteiger partial charge on any atom is -0.508 e. The van der Waals surface area contributed by atoms with Gasteiger partial charge in [-0.25, -0.2) is 9.97 Å². The Hall–Kier alpha value is -2.32. The van der Waals surface area contributed by atoms with Crippen LogP contribution in [0.5, 0.6) is 5.75 Å². The molecule has 0 aliphatic carbocycles. The molecular formula is C15H14ClN5O2S. The van der Waals surface area contributed by atoms with Crippen molar-refractivity contribution in [3.63, 3.8) is 0 Å². The van der Waals surface area contributed by atoms with Crippen molar-refractivity contribution in [2.45, 2.75) is 11.4 Å². The van der Waals surface area contributed by atoms with Crippen molar-refractivity contribution in [3.8, 4) is 5.75 Å². The standard InChI is InChI=1S/C15H14ClN5O2S/c16-15-20-13-12(18-8-19-13)14(21-15)24-7-11(23)17-6-5-9-1-3-10(22)4-2-9/h1-4,8,22H,5-7H2,(H,17,23)(H,18,19,20,21). The van der Waals surface area contributed by atoms with Gasteiger partial charge in [-0.05, 0) is 35.7 Å². The number of thioether (sulfide) groups is 1. The van der Waals surface area contributed by atoms with Gasteiger partial charge < -0.3 is 15.4 Å². The Morgan fingerprint density at radius 2 is 2.08 bits per heavy atom. The molecule has 1 aromatic carbocycles. The number of amides is 1. The summed E-state index contributed by atoms with van der Waals surface area (Å²) in [6.45, 7) is 0.522. The second-order valence-corrected chi connectivity index (χ2v) is 6.26. The van der Waals surface area contributed by atoms with Gasteiger partial charge in [0.25, 0.3) is 0 Å². The van der Waals surface area contributed by atoms with E-state index in [0.29, 0.717) is 29.2 Å². The number of phenolic OH excluding ortho intramolecular Hbond substituents is 1. The fourth-order valence-corrected chi connectivity index (χ4v) is 3.11. The topological polar surface area (TPSA) is 104 Å². The Morgan fingerprint density at radius 3 is 2.88 bits per heavy atom. The Kier molecular flexibility index (Phi) is 5.17. The van der Waals surface area contributed by atoms with Gasteiger partial charge in [-0.3, -0.25) is 4.79 Å². The number of halogens is 1. The number of aromatic hydroxyl groups is 1. The van der Waals surface area contributed by atoms with Crippen LogP contribution in [0, 0.1) is 0 Å². The minimum absolute atomic E-state index is 0.0961. The van der Waals surface area contributed by atoms with Gasteiger partial charge in [0.2, 0.25) is 11.2 Å². The highest BCUT2D eigenvalue weighted by molar-refractivity contribution is 8.00. The lowest BCUT2D eigenvalue weighted by Gasteiger charge is -2.06. The van der Waals surface area contributed by atoms with Crippen molar-refractivity contribution in [2.75, 3.05) is 12.3 Å². The molecule has 7 nitrogen and oxygen atoms in total. The van der Waals surface area contributed by atoms with E-state index in [-0.39, 0.29) is 22.7 Å². The van der Waals surface area contributed by atoms with Crippen LogP contribution in [0.2, 0.25) is 5.28 Å². The number of H-pyrrole nitrogens is 1. The van der Waals surface area contributed by atoms with Crippen LogP contribution >= 0.6 is 23.4 Å². The quantitative estimate of drug-likeness (QED) is 0.352. The summed E-state index contributed by atoms with van der Waals surface area (Å²) in [5.41, 5.74) is 2.19. The van der Waals surface area contributed by atoms with Crippen LogP contribution in [-0.2, 0) is 11.2 Å². The van der Waals surface area contributed by atoms with E-state index in [4.69, 9.17) is 11.6 Å². The molecule has 9 heteroatoms. The maximum absolute atomic E-state index is 11.9. The maximum atomic E-state index is 11.9. The number of hydrogen-bond acceptors (Lipinski definition) is 6. The van der Waals surface area contributed by atoms with E-state index in [1.807, 2.05) is 12.1 Å². The van der Waals surface area contributed by atoms with Gasteiger partial charge in [0.05, 0.1) is 12.1 Å². The van der Waals surface area contributed by atoms with Crippen LogP contribution < -0.4 is 5.32 Å². The molecule has 0 saturated heterocycles. The monoisotopic (exact) mass is 363 g/mol. The van der Waals surface area contributed by atoms with E-state index in [1.54, 1.807) is 12.1 Å². The molecule has 0 aliphatic rings. The zero-order valence-electron chi connectivity index (χ0n) is 12.5. The second kappa shape index (κ2) is 7.50. The van der Waals surface area contributed by atoms with Gasteiger partial charge in [0, 0.05) is 6.54 Å². The Balaban J connectivity index is 1.50. The molecule has 0 bridgehead atoms. The first kappa shape index (κ1) is 16.5. The summed E-state index contributed by atoms with van der Waals surface area (Å²) < 4.78 is 0. The van der Waals surface area contributed by atoms with Gasteiger partial charge in [0.1, 0.15) is 16.3 Å². The largest absolute Gasteiger partial charge is 0.508 e. The van der Waals surface area contributed by atoms with Crippen LogP contribution in [0.25, 0.3) is 11.2 Å². The first-order chi connectivity index (χ1) is 11.6. The van der Waals surface area contributed by atoms with Crippen molar-refractivity contribution in [1.82, 2.24) is 25.3 Å². The molecular weight excluding hydrogens is 350 g/mol. The highest BCUT2D eigenvalue weighted by Gasteiger charge is 2.11. The summed E-state index contributed by atoms with van der Waals surface area (Å²) in [4.78, 5) is 27.0.